The number of hydrogen-bond donors (Lipinski definition) is 5. The van der Waals surface area contributed by atoms with Crippen LogP contribution in [0.1, 0.15) is 169 Å². The van der Waals surface area contributed by atoms with Gasteiger partial charge in [0.05, 0.1) is 38.1 Å². The molecule has 0 radical (unpaired) electrons. The number of ether oxygens (including phenoxy) is 2. The molecule has 0 bridgehead atoms. The smallest absolute Gasteiger partial charge is 0.245 e. The summed E-state index contributed by atoms with van der Waals surface area (Å²) in [5.74, 6) is -11.4. The van der Waals surface area contributed by atoms with Crippen molar-refractivity contribution >= 4 is 64.7 Å². The van der Waals surface area contributed by atoms with Gasteiger partial charge < -0.3 is 65.0 Å². The number of nitrogens with one attached hydrogen (secondary N) is 3. The van der Waals surface area contributed by atoms with E-state index in [0.29, 0.717) is 19.6 Å². The minimum Gasteiger partial charge on any atom is -0.392 e. The van der Waals surface area contributed by atoms with Crippen molar-refractivity contribution in [1.29, 1.82) is 0 Å². The Morgan fingerprint density at radius 3 is 1.58 bits per heavy atom. The first-order chi connectivity index (χ1) is 44.3. The highest BCUT2D eigenvalue weighted by Gasteiger charge is 2.45. The van der Waals surface area contributed by atoms with Crippen LogP contribution in [0.4, 0.5) is 0 Å². The first-order valence-electron chi connectivity index (χ1n) is 34.7. The maximum Gasteiger partial charge on any atom is 0.245 e. The van der Waals surface area contributed by atoms with Gasteiger partial charge in [0.1, 0.15) is 48.3 Å². The van der Waals surface area contributed by atoms with E-state index in [-0.39, 0.29) is 75.9 Å². The standard InChI is InChI=1S/C70H124N10O15/c1-23-52-68(91)74(17)49(15)66(89)79(22)60(50(16)95-33-27-25-29-80-30-34-94-35-31-80)57(83)40-51(44(8)9)67(90)75(18)53(36-41(2)3)56(82)39-47(13)62(85)71-48(14)65(88)76(19)54(37-42(4)5)69(92)77(20)55(38-43(6)7)70(93)78(21)59(45(10)11)64(87)73-58(63(86)72-52)61(84)46(12)28-24-26-32-81/h24,26,41-55,58-61,81,84H,23,25,27-40H2,1-22H3,(H,71,85)(H,72,86)(H,73,87)/b26-24+/t46-,47-,48-,49-,50-,51+,52+,53+,54+,55+,58+,59+,60+,61-/m1/s1. The van der Waals surface area contributed by atoms with Gasteiger partial charge in [-0.05, 0) is 108 Å². The Morgan fingerprint density at radius 1 is 0.547 bits per heavy atom. The summed E-state index contributed by atoms with van der Waals surface area (Å²) in [6, 6.07) is -11.5. The predicted octanol–water partition coefficient (Wildman–Crippen LogP) is 3.94. The Bertz CT molecular complexity index is 2560. The lowest BCUT2D eigenvalue weighted by molar-refractivity contribution is -0.154. The molecule has 2 saturated heterocycles. The lowest BCUT2D eigenvalue weighted by Gasteiger charge is -2.40. The van der Waals surface area contributed by atoms with Gasteiger partial charge in [-0.3, -0.25) is 57.6 Å². The van der Waals surface area contributed by atoms with Crippen LogP contribution in [0.5, 0.6) is 0 Å². The van der Waals surface area contributed by atoms with Gasteiger partial charge in [-0.1, -0.05) is 102 Å². The highest BCUT2D eigenvalue weighted by atomic mass is 16.5. The number of carbonyl (C=O) groups excluding carboxylic acids is 11. The normalized spacial score (nSPS) is 27.6. The summed E-state index contributed by atoms with van der Waals surface area (Å²) < 4.78 is 11.9. The number of morpholine rings is 1. The SMILES string of the molecule is CC[C@@H]1NC(=O)[C@H]([C@H](O)[C@H](C)C/C=C/CO)NC(=O)[C@H](C(C)C)N(C)C(=O)[C@H](CC(C)C)N(C)C(=O)[C@H](CC(C)C)N(C)C(=O)[C@@H](C)NC(=O)[C@H](C)CC(=O)[C@H](CC(C)C)N(C)C(=O)[C@H](C(C)C)CC(=O)[C@H]([C@@H](C)OCCCCN2CCOCC2)N(C)C(=O)[C@@H](C)N(C)C1=O. The molecule has 0 aromatic rings. The third-order valence-electron chi connectivity index (χ3n) is 18.8. The summed E-state index contributed by atoms with van der Waals surface area (Å²) in [5.41, 5.74) is 0. The van der Waals surface area contributed by atoms with Crippen LogP contribution in [0.3, 0.4) is 0 Å². The highest BCUT2D eigenvalue weighted by Crippen LogP contribution is 2.28. The Kier molecular flexibility index (Phi) is 36.5. The molecule has 0 saturated carbocycles. The maximum absolute atomic E-state index is 15.2. The van der Waals surface area contributed by atoms with Gasteiger partial charge >= 0.3 is 0 Å². The zero-order valence-electron chi connectivity index (χ0n) is 61.8. The fourth-order valence-electron chi connectivity index (χ4n) is 12.6. The van der Waals surface area contributed by atoms with Crippen molar-refractivity contribution in [2.45, 2.75) is 235 Å². The second-order valence-corrected chi connectivity index (χ2v) is 28.8. The Hall–Kier alpha value is -5.89. The number of amides is 9. The molecule has 0 aliphatic carbocycles. The topological polar surface area (TPSA) is 305 Å². The van der Waals surface area contributed by atoms with Crippen molar-refractivity contribution in [3.63, 3.8) is 0 Å². The minimum absolute atomic E-state index is 0.0260. The number of hydrogen-bond acceptors (Lipinski definition) is 16. The summed E-state index contributed by atoms with van der Waals surface area (Å²) in [5, 5.41) is 29.8. The molecule has 95 heavy (non-hydrogen) atoms. The summed E-state index contributed by atoms with van der Waals surface area (Å²) in [6.07, 6.45) is 1.87. The van der Waals surface area contributed by atoms with Crippen LogP contribution < -0.4 is 16.0 Å². The van der Waals surface area contributed by atoms with Crippen LogP contribution in [-0.2, 0) is 62.2 Å². The monoisotopic (exact) mass is 1340 g/mol. The molecular formula is C70H124N10O15. The number of rotatable bonds is 21. The Balaban J connectivity index is 2.98. The second kappa shape index (κ2) is 40.7. The lowest BCUT2D eigenvalue weighted by atomic mass is 9.85. The van der Waals surface area contributed by atoms with E-state index in [4.69, 9.17) is 9.47 Å². The Morgan fingerprint density at radius 2 is 1.06 bits per heavy atom. The van der Waals surface area contributed by atoms with E-state index in [1.807, 2.05) is 41.5 Å². The number of unbranched alkanes of at least 4 members (excludes halogenated alkanes) is 1. The summed E-state index contributed by atoms with van der Waals surface area (Å²) in [6.45, 7) is 31.3. The van der Waals surface area contributed by atoms with E-state index in [0.717, 1.165) is 31.0 Å². The molecule has 2 heterocycles. The van der Waals surface area contributed by atoms with Crippen LogP contribution >= 0.6 is 0 Å². The number of aliphatic hydroxyl groups excluding tert-OH is 2. The first kappa shape index (κ1) is 85.2. The van der Waals surface area contributed by atoms with Gasteiger partial charge in [-0.15, -0.1) is 0 Å². The average Bonchev–Trinajstić information content (AvgIpc) is 0.826. The fourth-order valence-corrected chi connectivity index (χ4v) is 12.6. The van der Waals surface area contributed by atoms with Crippen molar-refractivity contribution in [3.8, 4) is 0 Å². The molecule has 0 spiro atoms. The van der Waals surface area contributed by atoms with Crippen LogP contribution in [0, 0.1) is 47.3 Å². The van der Waals surface area contributed by atoms with Gasteiger partial charge in [-0.25, -0.2) is 0 Å². The number of carbonyl (C=O) groups is 11. The quantitative estimate of drug-likeness (QED) is 0.0803. The number of Topliss-reactive ketones (excluding diaryl/α,β-unsaturated/α-hetero) is 2. The largest absolute Gasteiger partial charge is 0.392 e. The van der Waals surface area contributed by atoms with E-state index in [1.54, 1.807) is 61.5 Å². The molecule has 0 aromatic heterocycles. The van der Waals surface area contributed by atoms with Crippen molar-refractivity contribution in [2.24, 2.45) is 47.3 Å². The molecule has 0 unspecified atom stereocenters. The van der Waals surface area contributed by atoms with Crippen LogP contribution in [-0.4, -0.2) is 264 Å². The highest BCUT2D eigenvalue weighted by molar-refractivity contribution is 6.00. The van der Waals surface area contributed by atoms with E-state index >= 15 is 14.4 Å². The molecule has 2 aliphatic heterocycles. The molecule has 2 aliphatic rings. The predicted molar refractivity (Wildman–Crippen MR) is 365 cm³/mol. The first-order valence-corrected chi connectivity index (χ1v) is 34.7. The zero-order valence-corrected chi connectivity index (χ0v) is 61.8. The Labute approximate surface area is 568 Å². The van der Waals surface area contributed by atoms with E-state index in [1.165, 1.54) is 86.7 Å². The third kappa shape index (κ3) is 25.2. The van der Waals surface area contributed by atoms with E-state index < -0.39 is 161 Å². The van der Waals surface area contributed by atoms with Gasteiger partial charge in [0.25, 0.3) is 0 Å². The number of allylic oxidation sites excluding steroid dienone is 1. The maximum atomic E-state index is 15.2. The second-order valence-electron chi connectivity index (χ2n) is 28.8. The molecule has 544 valence electrons. The van der Waals surface area contributed by atoms with Crippen LogP contribution in [0.15, 0.2) is 12.2 Å². The summed E-state index contributed by atoms with van der Waals surface area (Å²) in [4.78, 5) is 173. The van der Waals surface area contributed by atoms with Crippen LogP contribution in [0.25, 0.3) is 0 Å². The third-order valence-corrected chi connectivity index (χ3v) is 18.8. The summed E-state index contributed by atoms with van der Waals surface area (Å²) in [7, 11) is 8.62. The van der Waals surface area contributed by atoms with Gasteiger partial charge in [-0.2, -0.15) is 0 Å². The molecular weight excluding hydrogens is 1220 g/mol. The molecule has 25 heteroatoms. The van der Waals surface area contributed by atoms with Crippen molar-refractivity contribution in [2.75, 3.05) is 88.3 Å². The number of likely N-dealkylation sites (N-methyl/N-ethyl adjacent to an activating group) is 6. The zero-order chi connectivity index (χ0) is 72.6. The van der Waals surface area contributed by atoms with E-state index in [9.17, 15) is 48.6 Å². The summed E-state index contributed by atoms with van der Waals surface area (Å²) >= 11 is 0. The van der Waals surface area contributed by atoms with Crippen molar-refractivity contribution in [1.82, 2.24) is 50.2 Å². The van der Waals surface area contributed by atoms with Crippen molar-refractivity contribution < 1.29 is 72.4 Å². The van der Waals surface area contributed by atoms with Crippen LogP contribution in [0.2, 0.25) is 0 Å². The van der Waals surface area contributed by atoms with E-state index in [2.05, 4.69) is 20.9 Å². The molecule has 14 atom stereocenters. The molecule has 2 rings (SSSR count). The molecule has 2 fully saturated rings. The number of nitrogens with zero attached hydrogens (tertiary/aromatic N) is 7. The molecule has 9 amide bonds. The minimum atomic E-state index is -1.74. The average molecular weight is 1350 g/mol. The van der Waals surface area contributed by atoms with Crippen molar-refractivity contribution in [3.05, 3.63) is 12.2 Å². The van der Waals surface area contributed by atoms with Gasteiger partial charge in [0, 0.05) is 86.7 Å². The van der Waals surface area contributed by atoms with Gasteiger partial charge in [0.2, 0.25) is 53.2 Å². The van der Waals surface area contributed by atoms with Gasteiger partial charge in [0.15, 0.2) is 11.6 Å². The number of aliphatic hydroxyl groups is 2. The molecule has 5 N–H and O–H groups in total. The fraction of sp³-hybridized carbons (Fsp3) is 0.814. The number of ketones is 2. The lowest BCUT2D eigenvalue weighted by Crippen LogP contribution is -2.63. The molecule has 0 aromatic carbocycles. The molecule has 25 nitrogen and oxygen atoms in total.